The van der Waals surface area contributed by atoms with Gasteiger partial charge < -0.3 is 23.7 Å². The van der Waals surface area contributed by atoms with Crippen LogP contribution in [-0.2, 0) is 43.8 Å². The number of esters is 1. The molecule has 174 valence electrons. The Morgan fingerprint density at radius 2 is 1.89 bits per heavy atom. The Labute approximate surface area is 222 Å². The van der Waals surface area contributed by atoms with Gasteiger partial charge in [0.05, 0.1) is 29.0 Å². The van der Waals surface area contributed by atoms with Crippen molar-refractivity contribution in [1.82, 2.24) is 9.55 Å². The molecule has 3 aliphatic heterocycles. The third-order valence-corrected chi connectivity index (χ3v) is 7.31. The van der Waals surface area contributed by atoms with E-state index in [2.05, 4.69) is 0 Å². The Balaban J connectivity index is 0.00000253. The average molecular weight is 505 g/mol. The summed E-state index contributed by atoms with van der Waals surface area (Å²) in [6.45, 7) is 3.85. The second-order valence-electron chi connectivity index (χ2n) is 8.38. The number of carbonyl (C=O) groups excluding carboxylic acids is 1. The van der Waals surface area contributed by atoms with Crippen molar-refractivity contribution < 1.29 is 62.5 Å². The van der Waals surface area contributed by atoms with E-state index in [-0.39, 0.29) is 66.1 Å². The van der Waals surface area contributed by atoms with Gasteiger partial charge in [-0.15, -0.1) is 4.52 Å². The fraction of sp³-hybridized carbons (Fsp3) is 0.348. The van der Waals surface area contributed by atoms with Crippen molar-refractivity contribution in [3.05, 3.63) is 50.8 Å². The smallest absolute Gasteiger partial charge is 0.566 e. The fourth-order valence-corrected chi connectivity index (χ4v) is 5.78. The summed E-state index contributed by atoms with van der Waals surface area (Å²) < 4.78 is 34.5. The van der Waals surface area contributed by atoms with Gasteiger partial charge in [0.2, 0.25) is 12.4 Å². The number of hydrogen-bond donors (Lipinski definition) is 0. The largest absolute Gasteiger partial charge is 1.00 e. The maximum Gasteiger partial charge on any atom is 1.00 e. The molecule has 3 aromatic rings. The van der Waals surface area contributed by atoms with Crippen LogP contribution in [0.25, 0.3) is 22.3 Å². The van der Waals surface area contributed by atoms with Gasteiger partial charge in [-0.05, 0) is 35.1 Å². The van der Waals surface area contributed by atoms with Gasteiger partial charge in [-0.1, -0.05) is 13.8 Å². The van der Waals surface area contributed by atoms with Gasteiger partial charge in [-0.3, -0.25) is 4.79 Å². The molecule has 0 aliphatic carbocycles. The number of cyclic esters (lactones) is 1. The number of benzene rings is 1. The Bertz CT molecular complexity index is 1500. The molecule has 12 heteroatoms. The molecule has 0 radical (unpaired) electrons. The Morgan fingerprint density at radius 3 is 2.57 bits per heavy atom. The predicted molar refractivity (Wildman–Crippen MR) is 116 cm³/mol. The van der Waals surface area contributed by atoms with Crippen LogP contribution in [0.4, 0.5) is 0 Å². The SMILES string of the molecule is CCc1c2c(nc3cc4c(cc13)OCO4)-c1cc3c(c(=O)n1C2)COC(=O)[C@@]3(CC)O[P+](=O)[O-].[Na+]. The third-order valence-electron chi connectivity index (χ3n) is 6.85. The molecule has 0 N–H and O–H groups in total. The van der Waals surface area contributed by atoms with E-state index in [0.717, 1.165) is 16.5 Å². The first-order valence-corrected chi connectivity index (χ1v) is 12.0. The first-order valence-electron chi connectivity index (χ1n) is 10.9. The Kier molecular flexibility index (Phi) is 6.03. The number of nitrogens with zero attached hydrogens (tertiary/aromatic N) is 2. The molecule has 0 fully saturated rings. The average Bonchev–Trinajstić information content (AvgIpc) is 3.42. The third kappa shape index (κ3) is 3.39. The van der Waals surface area contributed by atoms with Crippen molar-refractivity contribution in [2.75, 3.05) is 6.79 Å². The zero-order chi connectivity index (χ0) is 23.8. The van der Waals surface area contributed by atoms with Gasteiger partial charge in [-0.2, -0.15) is 0 Å². The minimum absolute atomic E-state index is 0. The van der Waals surface area contributed by atoms with Crippen LogP contribution in [-0.4, -0.2) is 22.3 Å². The minimum atomic E-state index is -3.38. The van der Waals surface area contributed by atoms with Gasteiger partial charge in [0.15, 0.2) is 11.5 Å². The van der Waals surface area contributed by atoms with E-state index in [4.69, 9.17) is 23.7 Å². The summed E-state index contributed by atoms with van der Waals surface area (Å²) in [6, 6.07) is 5.37. The Morgan fingerprint density at radius 1 is 1.14 bits per heavy atom. The van der Waals surface area contributed by atoms with Crippen molar-refractivity contribution in [3.8, 4) is 22.9 Å². The Hall–Kier alpha value is -2.33. The van der Waals surface area contributed by atoms with Gasteiger partial charge in [0.25, 0.3) is 5.56 Å². The number of hydrogen-bond acceptors (Lipinski definition) is 9. The molecule has 0 saturated carbocycles. The van der Waals surface area contributed by atoms with Crippen molar-refractivity contribution in [2.24, 2.45) is 0 Å². The second-order valence-corrected chi connectivity index (χ2v) is 9.01. The molecule has 5 heterocycles. The molecule has 6 rings (SSSR count). The minimum Gasteiger partial charge on any atom is -0.566 e. The zero-order valence-electron chi connectivity index (χ0n) is 19.4. The first-order chi connectivity index (χ1) is 16.4. The van der Waals surface area contributed by atoms with E-state index < -0.39 is 19.8 Å². The number of ether oxygens (including phenoxy) is 3. The molecule has 0 bridgehead atoms. The quantitative estimate of drug-likeness (QED) is 0.203. The number of rotatable bonds is 4. The number of aromatic nitrogens is 2. The van der Waals surface area contributed by atoms with E-state index in [1.54, 1.807) is 17.6 Å². The van der Waals surface area contributed by atoms with Crippen LogP contribution < -0.4 is 49.5 Å². The summed E-state index contributed by atoms with van der Waals surface area (Å²) >= 11 is 0. The van der Waals surface area contributed by atoms with Crippen molar-refractivity contribution in [1.29, 1.82) is 0 Å². The van der Waals surface area contributed by atoms with Crippen LogP contribution in [0, 0.1) is 0 Å². The second kappa shape index (κ2) is 8.65. The van der Waals surface area contributed by atoms with Crippen LogP contribution in [0.5, 0.6) is 11.5 Å². The van der Waals surface area contributed by atoms with E-state index in [9.17, 15) is 19.0 Å². The van der Waals surface area contributed by atoms with Crippen LogP contribution in [0.15, 0.2) is 23.0 Å². The standard InChI is InChI=1S/C23H19N2O8P.Na/c1-3-11-12-5-18-19(32-10-31-18)7-16(12)24-20-13(11)8-25-17(20)6-15-14(21(25)26)9-30-22(27)23(15,4-2)33-34(28)29;/h5-7H,3-4,8-10H2,1-2H3;/q;+1/t23-;/m0./s1. The first kappa shape index (κ1) is 24.4. The summed E-state index contributed by atoms with van der Waals surface area (Å²) in [7, 11) is -3.38. The van der Waals surface area contributed by atoms with Gasteiger partial charge in [0, 0.05) is 22.6 Å². The van der Waals surface area contributed by atoms with E-state index in [1.165, 1.54) is 0 Å². The topological polar surface area (TPSA) is 129 Å². The summed E-state index contributed by atoms with van der Waals surface area (Å²) in [5.74, 6) is 0.417. The van der Waals surface area contributed by atoms with Gasteiger partial charge >= 0.3 is 43.8 Å². The monoisotopic (exact) mass is 505 g/mol. The molecule has 0 amide bonds. The maximum atomic E-state index is 13.5. The normalized spacial score (nSPS) is 19.5. The maximum absolute atomic E-state index is 13.5. The van der Waals surface area contributed by atoms with E-state index >= 15 is 0 Å². The van der Waals surface area contributed by atoms with Crippen molar-refractivity contribution >= 4 is 25.1 Å². The van der Waals surface area contributed by atoms with Crippen molar-refractivity contribution in [3.63, 3.8) is 0 Å². The fourth-order valence-electron chi connectivity index (χ4n) is 5.22. The van der Waals surface area contributed by atoms with Crippen LogP contribution in [0.3, 0.4) is 0 Å². The zero-order valence-corrected chi connectivity index (χ0v) is 22.3. The molecule has 1 aromatic carbocycles. The van der Waals surface area contributed by atoms with E-state index in [1.807, 2.05) is 19.1 Å². The molecule has 3 aliphatic rings. The summed E-state index contributed by atoms with van der Waals surface area (Å²) in [5.41, 5.74) is 1.89. The van der Waals surface area contributed by atoms with Crippen LogP contribution >= 0.6 is 8.25 Å². The molecule has 2 atom stereocenters. The number of aryl methyl sites for hydroxylation is 1. The predicted octanol–water partition coefficient (Wildman–Crippen LogP) is -0.583. The van der Waals surface area contributed by atoms with Gasteiger partial charge in [0.1, 0.15) is 6.61 Å². The van der Waals surface area contributed by atoms with Crippen molar-refractivity contribution in [2.45, 2.75) is 45.4 Å². The number of pyridine rings is 2. The molecule has 2 aromatic heterocycles. The molecule has 0 spiro atoms. The molecular weight excluding hydrogens is 486 g/mol. The summed E-state index contributed by atoms with van der Waals surface area (Å²) in [5, 5.41) is 0.921. The molecule has 1 unspecified atom stereocenters. The molecule has 10 nitrogen and oxygen atoms in total. The van der Waals surface area contributed by atoms with Crippen LogP contribution in [0.1, 0.15) is 42.5 Å². The summed E-state index contributed by atoms with van der Waals surface area (Å²) in [6.07, 6.45) is 0.677. The van der Waals surface area contributed by atoms with Crippen LogP contribution in [0.2, 0.25) is 0 Å². The van der Waals surface area contributed by atoms with E-state index in [0.29, 0.717) is 41.4 Å². The molecular formula is C23H19N2NaO8P+. The molecule has 35 heavy (non-hydrogen) atoms. The number of fused-ring (bicyclic) bond motifs is 6. The van der Waals surface area contributed by atoms with Gasteiger partial charge in [-0.25, -0.2) is 9.78 Å². The summed E-state index contributed by atoms with van der Waals surface area (Å²) in [4.78, 5) is 42.6. The molecule has 0 saturated heterocycles. The number of carbonyl (C=O) groups is 1.